The van der Waals surface area contributed by atoms with Crippen molar-refractivity contribution in [3.05, 3.63) is 66.0 Å². The first kappa shape index (κ1) is 16.9. The van der Waals surface area contributed by atoms with Crippen LogP contribution in [0.5, 0.6) is 0 Å². The van der Waals surface area contributed by atoms with E-state index in [9.17, 15) is 0 Å². The van der Waals surface area contributed by atoms with Crippen molar-refractivity contribution in [1.29, 1.82) is 0 Å². The summed E-state index contributed by atoms with van der Waals surface area (Å²) in [5.74, 6) is 1.73. The van der Waals surface area contributed by atoms with Gasteiger partial charge in [0, 0.05) is 26.2 Å². The van der Waals surface area contributed by atoms with E-state index in [1.54, 1.807) is 0 Å². The van der Waals surface area contributed by atoms with Gasteiger partial charge in [0.25, 0.3) is 0 Å². The lowest BCUT2D eigenvalue weighted by molar-refractivity contribution is 0.312. The van der Waals surface area contributed by atoms with E-state index in [0.717, 1.165) is 60.1 Å². The molecule has 140 valence electrons. The minimum atomic E-state index is 0.813. The molecule has 0 atom stereocenters. The number of benzene rings is 2. The van der Waals surface area contributed by atoms with Crippen molar-refractivity contribution >= 4 is 34.7 Å². The Morgan fingerprint density at radius 2 is 1.57 bits per heavy atom. The maximum atomic E-state index is 4.94. The smallest absolute Gasteiger partial charge is 0.204 e. The van der Waals surface area contributed by atoms with Crippen LogP contribution in [-0.4, -0.2) is 57.7 Å². The van der Waals surface area contributed by atoms with E-state index < -0.39 is 0 Å². The molecule has 0 N–H and O–H groups in total. The molecular weight excluding hydrogens is 348 g/mol. The van der Waals surface area contributed by atoms with E-state index in [1.165, 1.54) is 0 Å². The summed E-state index contributed by atoms with van der Waals surface area (Å²) in [6.45, 7) is 3.93. The fourth-order valence-electron chi connectivity index (χ4n) is 3.66. The van der Waals surface area contributed by atoms with Crippen molar-refractivity contribution in [2.24, 2.45) is 0 Å². The molecule has 6 nitrogen and oxygen atoms in total. The fourth-order valence-corrected chi connectivity index (χ4v) is 3.66. The lowest BCUT2D eigenvalue weighted by Gasteiger charge is -2.33. The summed E-state index contributed by atoms with van der Waals surface area (Å²) >= 11 is 0. The zero-order valence-electron chi connectivity index (χ0n) is 15.9. The van der Waals surface area contributed by atoms with Crippen LogP contribution in [0.4, 0.5) is 5.82 Å². The SMILES string of the molecule is CN1CCN(c2nc3ccccc3n3c(/C=C/c4ccccc4)nnc23)CC1. The zero-order valence-corrected chi connectivity index (χ0v) is 15.9. The van der Waals surface area contributed by atoms with E-state index in [-0.39, 0.29) is 0 Å². The molecule has 2 aromatic carbocycles. The van der Waals surface area contributed by atoms with Gasteiger partial charge in [-0.1, -0.05) is 48.5 Å². The molecule has 2 aromatic heterocycles. The van der Waals surface area contributed by atoms with E-state index in [2.05, 4.69) is 61.8 Å². The molecule has 0 amide bonds. The van der Waals surface area contributed by atoms with Crippen LogP contribution in [0.2, 0.25) is 0 Å². The lowest BCUT2D eigenvalue weighted by Crippen LogP contribution is -2.45. The first-order valence-electron chi connectivity index (χ1n) is 9.60. The number of hydrogen-bond acceptors (Lipinski definition) is 5. The quantitative estimate of drug-likeness (QED) is 0.554. The molecule has 3 heterocycles. The number of aromatic nitrogens is 4. The summed E-state index contributed by atoms with van der Waals surface area (Å²) in [6, 6.07) is 18.4. The highest BCUT2D eigenvalue weighted by atomic mass is 15.3. The van der Waals surface area contributed by atoms with Crippen molar-refractivity contribution in [3.8, 4) is 0 Å². The van der Waals surface area contributed by atoms with Crippen LogP contribution in [0.25, 0.3) is 28.8 Å². The second kappa shape index (κ2) is 7.05. The molecule has 1 aliphatic rings. The zero-order chi connectivity index (χ0) is 18.9. The maximum Gasteiger partial charge on any atom is 0.204 e. The van der Waals surface area contributed by atoms with Gasteiger partial charge in [0.1, 0.15) is 0 Å². The average molecular weight is 370 g/mol. The highest BCUT2D eigenvalue weighted by molar-refractivity contribution is 5.85. The van der Waals surface area contributed by atoms with Gasteiger partial charge < -0.3 is 9.80 Å². The minimum absolute atomic E-state index is 0.813. The van der Waals surface area contributed by atoms with Gasteiger partial charge in [0.15, 0.2) is 11.6 Å². The van der Waals surface area contributed by atoms with Gasteiger partial charge in [-0.15, -0.1) is 10.2 Å². The second-order valence-corrected chi connectivity index (χ2v) is 7.18. The summed E-state index contributed by atoms with van der Waals surface area (Å²) < 4.78 is 2.12. The molecule has 1 saturated heterocycles. The van der Waals surface area contributed by atoms with Gasteiger partial charge in [0.05, 0.1) is 11.0 Å². The second-order valence-electron chi connectivity index (χ2n) is 7.18. The van der Waals surface area contributed by atoms with E-state index in [4.69, 9.17) is 4.98 Å². The molecular formula is C22H22N6. The third-order valence-corrected chi connectivity index (χ3v) is 5.26. The third-order valence-electron chi connectivity index (χ3n) is 5.26. The molecule has 1 aliphatic heterocycles. The van der Waals surface area contributed by atoms with Gasteiger partial charge in [-0.2, -0.15) is 0 Å². The third kappa shape index (κ3) is 3.01. The summed E-state index contributed by atoms with van der Waals surface area (Å²) in [5.41, 5.74) is 3.93. The normalized spacial score (nSPS) is 15.8. The van der Waals surface area contributed by atoms with Crippen molar-refractivity contribution in [3.63, 3.8) is 0 Å². The largest absolute Gasteiger partial charge is 0.351 e. The van der Waals surface area contributed by atoms with Gasteiger partial charge >= 0.3 is 0 Å². The highest BCUT2D eigenvalue weighted by Crippen LogP contribution is 2.26. The number of piperazine rings is 1. The first-order chi connectivity index (χ1) is 13.8. The van der Waals surface area contributed by atoms with Gasteiger partial charge in [-0.3, -0.25) is 4.40 Å². The molecule has 1 fully saturated rings. The van der Waals surface area contributed by atoms with Crippen LogP contribution in [0.3, 0.4) is 0 Å². The number of rotatable bonds is 3. The Morgan fingerprint density at radius 1 is 0.821 bits per heavy atom. The molecule has 6 heteroatoms. The number of hydrogen-bond donors (Lipinski definition) is 0. The van der Waals surface area contributed by atoms with Crippen LogP contribution in [0.1, 0.15) is 11.4 Å². The summed E-state index contributed by atoms with van der Waals surface area (Å²) in [6.07, 6.45) is 4.09. The molecule has 0 bridgehead atoms. The van der Waals surface area contributed by atoms with E-state index in [0.29, 0.717) is 0 Å². The van der Waals surface area contributed by atoms with Gasteiger partial charge in [0.2, 0.25) is 5.65 Å². The van der Waals surface area contributed by atoms with Crippen LogP contribution < -0.4 is 4.90 Å². The molecule has 4 aromatic rings. The molecule has 28 heavy (non-hydrogen) atoms. The van der Waals surface area contributed by atoms with E-state index in [1.807, 2.05) is 36.4 Å². The van der Waals surface area contributed by atoms with E-state index >= 15 is 0 Å². The summed E-state index contributed by atoms with van der Waals surface area (Å²) in [5, 5.41) is 9.00. The van der Waals surface area contributed by atoms with Crippen molar-refractivity contribution < 1.29 is 0 Å². The predicted octanol–water partition coefficient (Wildman–Crippen LogP) is 3.20. The average Bonchev–Trinajstić information content (AvgIpc) is 3.17. The number of likely N-dealkylation sites (N-methyl/N-ethyl adjacent to an activating group) is 1. The number of anilines is 1. The Hall–Kier alpha value is -3.25. The maximum absolute atomic E-state index is 4.94. The minimum Gasteiger partial charge on any atom is -0.351 e. The van der Waals surface area contributed by atoms with Crippen LogP contribution in [0.15, 0.2) is 54.6 Å². The Kier molecular flexibility index (Phi) is 4.25. The lowest BCUT2D eigenvalue weighted by atomic mass is 10.2. The van der Waals surface area contributed by atoms with Crippen LogP contribution in [-0.2, 0) is 0 Å². The fraction of sp³-hybridized carbons (Fsp3) is 0.227. The van der Waals surface area contributed by atoms with Crippen molar-refractivity contribution in [2.45, 2.75) is 0 Å². The Bertz CT molecular complexity index is 1140. The molecule has 0 saturated carbocycles. The topological polar surface area (TPSA) is 49.6 Å². The molecule has 0 aliphatic carbocycles. The van der Waals surface area contributed by atoms with Gasteiger partial charge in [-0.05, 0) is 30.8 Å². The monoisotopic (exact) mass is 370 g/mol. The predicted molar refractivity (Wildman–Crippen MR) is 113 cm³/mol. The number of nitrogens with zero attached hydrogens (tertiary/aromatic N) is 6. The summed E-state index contributed by atoms with van der Waals surface area (Å²) in [7, 11) is 2.16. The summed E-state index contributed by atoms with van der Waals surface area (Å²) in [4.78, 5) is 9.60. The van der Waals surface area contributed by atoms with Crippen LogP contribution >= 0.6 is 0 Å². The van der Waals surface area contributed by atoms with Crippen molar-refractivity contribution in [1.82, 2.24) is 24.5 Å². The number of fused-ring (bicyclic) bond motifs is 3. The number of para-hydroxylation sites is 2. The Balaban J connectivity index is 1.66. The van der Waals surface area contributed by atoms with Crippen LogP contribution in [0, 0.1) is 0 Å². The van der Waals surface area contributed by atoms with Crippen molar-refractivity contribution in [2.75, 3.05) is 38.1 Å². The molecule has 0 spiro atoms. The Labute approximate surface area is 163 Å². The highest BCUT2D eigenvalue weighted by Gasteiger charge is 2.21. The molecule has 5 rings (SSSR count). The standard InChI is InChI=1S/C22H22N6/c1-26-13-15-27(16-14-26)21-22-25-24-20(12-11-17-7-3-2-4-8-17)28(22)19-10-6-5-9-18(19)23-21/h2-12H,13-16H2,1H3/b12-11+. The Morgan fingerprint density at radius 3 is 2.39 bits per heavy atom. The molecule has 0 unspecified atom stereocenters. The first-order valence-corrected chi connectivity index (χ1v) is 9.60. The molecule has 0 radical (unpaired) electrons. The van der Waals surface area contributed by atoms with Gasteiger partial charge in [-0.25, -0.2) is 4.98 Å².